The maximum atomic E-state index is 15.1. The molecule has 5 heterocycles. The van der Waals surface area contributed by atoms with Crippen molar-refractivity contribution < 1.29 is 33.2 Å². The molecule has 0 radical (unpaired) electrons. The Morgan fingerprint density at radius 2 is 1.54 bits per heavy atom. The fourth-order valence-electron chi connectivity index (χ4n) is 5.51. The van der Waals surface area contributed by atoms with Crippen molar-refractivity contribution in [3.05, 3.63) is 66.5 Å². The Balaban J connectivity index is 1.06. The number of H-pyrrole nitrogens is 1. The van der Waals surface area contributed by atoms with Gasteiger partial charge in [-0.3, -0.25) is 0 Å². The van der Waals surface area contributed by atoms with Gasteiger partial charge in [0.05, 0.1) is 37.5 Å². The lowest BCUT2D eigenvalue weighted by Crippen LogP contribution is -2.34. The standard InChI is InChI=1S/C30H29FN2O6/c31-22-13-23-24(14-27(32-23)39-26-16-37-29-25(34)15-36-30(26)29)33-28(22)19-3-1-17(2-4-19)18-5-7-20(8-6-18)38-21-9-11-35-12-10-21/h1-8,13-14,21,25-26,29-30,32,34H,9-12,15-16H2/t25-,26-,29-,30-/m1/s1. The Morgan fingerprint density at radius 3 is 2.31 bits per heavy atom. The van der Waals surface area contributed by atoms with Crippen molar-refractivity contribution in [1.82, 2.24) is 9.97 Å². The van der Waals surface area contributed by atoms with Crippen LogP contribution in [0.4, 0.5) is 4.39 Å². The van der Waals surface area contributed by atoms with Gasteiger partial charge in [-0.25, -0.2) is 9.37 Å². The summed E-state index contributed by atoms with van der Waals surface area (Å²) in [7, 11) is 0. The maximum Gasteiger partial charge on any atom is 0.193 e. The van der Waals surface area contributed by atoms with Gasteiger partial charge >= 0.3 is 0 Å². The molecule has 2 N–H and O–H groups in total. The third-order valence-electron chi connectivity index (χ3n) is 7.61. The molecule has 4 aromatic rings. The molecule has 3 saturated heterocycles. The van der Waals surface area contributed by atoms with Crippen LogP contribution in [0, 0.1) is 5.82 Å². The monoisotopic (exact) mass is 532 g/mol. The molecule has 202 valence electrons. The van der Waals surface area contributed by atoms with Crippen molar-refractivity contribution in [2.75, 3.05) is 26.4 Å². The maximum absolute atomic E-state index is 15.1. The molecule has 0 spiro atoms. The molecule has 0 amide bonds. The summed E-state index contributed by atoms with van der Waals surface area (Å²) < 4.78 is 43.8. The second-order valence-corrected chi connectivity index (χ2v) is 10.2. The number of aromatic amines is 1. The van der Waals surface area contributed by atoms with Gasteiger partial charge in [-0.1, -0.05) is 36.4 Å². The summed E-state index contributed by atoms with van der Waals surface area (Å²) in [6, 6.07) is 18.9. The summed E-state index contributed by atoms with van der Waals surface area (Å²) in [5.74, 6) is 0.878. The lowest BCUT2D eigenvalue weighted by molar-refractivity contribution is 0.00794. The summed E-state index contributed by atoms with van der Waals surface area (Å²) in [4.78, 5) is 7.65. The van der Waals surface area contributed by atoms with Gasteiger partial charge in [0.2, 0.25) is 0 Å². The summed E-state index contributed by atoms with van der Waals surface area (Å²) in [5, 5.41) is 9.94. The van der Waals surface area contributed by atoms with Crippen LogP contribution in [0.2, 0.25) is 0 Å². The Bertz CT molecular complexity index is 1450. The molecule has 0 aliphatic carbocycles. The third-order valence-corrected chi connectivity index (χ3v) is 7.61. The van der Waals surface area contributed by atoms with Gasteiger partial charge in [-0.2, -0.15) is 0 Å². The molecule has 3 aliphatic rings. The number of halogens is 1. The molecule has 8 nitrogen and oxygen atoms in total. The minimum absolute atomic E-state index is 0.200. The van der Waals surface area contributed by atoms with E-state index in [1.165, 1.54) is 6.07 Å². The topological polar surface area (TPSA) is 95.1 Å². The lowest BCUT2D eigenvalue weighted by Gasteiger charge is -2.23. The molecule has 9 heteroatoms. The molecule has 0 unspecified atom stereocenters. The van der Waals surface area contributed by atoms with Gasteiger partial charge in [0.25, 0.3) is 0 Å². The molecule has 7 rings (SSSR count). The van der Waals surface area contributed by atoms with Gasteiger partial charge in [0.1, 0.15) is 35.9 Å². The number of rotatable bonds is 6. The number of aliphatic hydroxyl groups is 1. The quantitative estimate of drug-likeness (QED) is 0.378. The van der Waals surface area contributed by atoms with E-state index >= 15 is 4.39 Å². The van der Waals surface area contributed by atoms with Crippen LogP contribution in [0.25, 0.3) is 33.4 Å². The van der Waals surface area contributed by atoms with Gasteiger partial charge < -0.3 is 33.8 Å². The van der Waals surface area contributed by atoms with E-state index in [4.69, 9.17) is 23.7 Å². The molecule has 2 aromatic heterocycles. The van der Waals surface area contributed by atoms with Gasteiger partial charge in [-0.05, 0) is 23.3 Å². The van der Waals surface area contributed by atoms with Crippen molar-refractivity contribution in [2.24, 2.45) is 0 Å². The van der Waals surface area contributed by atoms with Crippen LogP contribution in [-0.4, -0.2) is 72.0 Å². The first kappa shape index (κ1) is 24.5. The normalized spacial score (nSPS) is 25.2. The molecule has 39 heavy (non-hydrogen) atoms. The van der Waals surface area contributed by atoms with Crippen molar-refractivity contribution in [2.45, 2.75) is 43.4 Å². The molecule has 0 saturated carbocycles. The number of pyridine rings is 1. The van der Waals surface area contributed by atoms with Crippen LogP contribution in [0.5, 0.6) is 11.6 Å². The van der Waals surface area contributed by atoms with Gasteiger partial charge in [0, 0.05) is 30.5 Å². The van der Waals surface area contributed by atoms with E-state index in [0.717, 1.165) is 42.9 Å². The van der Waals surface area contributed by atoms with E-state index in [9.17, 15) is 5.11 Å². The Labute approximate surface area is 224 Å². The van der Waals surface area contributed by atoms with Crippen molar-refractivity contribution in [3.8, 4) is 34.0 Å². The summed E-state index contributed by atoms with van der Waals surface area (Å²) in [6.07, 6.45) is 0.297. The zero-order valence-electron chi connectivity index (χ0n) is 21.2. The number of benzene rings is 2. The summed E-state index contributed by atoms with van der Waals surface area (Å²) in [6.45, 7) is 2.03. The predicted molar refractivity (Wildman–Crippen MR) is 141 cm³/mol. The number of nitrogens with zero attached hydrogens (tertiary/aromatic N) is 1. The van der Waals surface area contributed by atoms with Crippen molar-refractivity contribution in [3.63, 3.8) is 0 Å². The number of aliphatic hydroxyl groups excluding tert-OH is 1. The first-order valence-corrected chi connectivity index (χ1v) is 13.3. The Morgan fingerprint density at radius 1 is 0.846 bits per heavy atom. The Kier molecular flexibility index (Phi) is 6.44. The smallest absolute Gasteiger partial charge is 0.193 e. The lowest BCUT2D eigenvalue weighted by atomic mass is 10.0. The minimum Gasteiger partial charge on any atom is -0.490 e. The summed E-state index contributed by atoms with van der Waals surface area (Å²) in [5.41, 5.74) is 4.15. The summed E-state index contributed by atoms with van der Waals surface area (Å²) >= 11 is 0. The average Bonchev–Trinajstić information content (AvgIpc) is 3.66. The molecular weight excluding hydrogens is 503 g/mol. The highest BCUT2D eigenvalue weighted by Crippen LogP contribution is 2.33. The predicted octanol–water partition coefficient (Wildman–Crippen LogP) is 4.50. The van der Waals surface area contributed by atoms with Gasteiger partial charge in [-0.15, -0.1) is 0 Å². The SMILES string of the molecule is O[C@@H]1CO[C@H]2[C@@H]1OC[C@H]2Oc1cc2nc(-c3ccc(-c4ccc(OC5CCOCC5)cc4)cc3)c(F)cc2[nH]1. The molecule has 2 aromatic carbocycles. The number of fused-ring (bicyclic) bond motifs is 2. The van der Waals surface area contributed by atoms with E-state index in [0.29, 0.717) is 29.1 Å². The van der Waals surface area contributed by atoms with Crippen LogP contribution in [0.1, 0.15) is 12.8 Å². The fraction of sp³-hybridized carbons (Fsp3) is 0.367. The number of aromatic nitrogens is 2. The van der Waals surface area contributed by atoms with E-state index in [2.05, 4.69) is 9.97 Å². The zero-order chi connectivity index (χ0) is 26.3. The minimum atomic E-state index is -0.647. The third kappa shape index (κ3) is 4.87. The van der Waals surface area contributed by atoms with E-state index in [1.807, 2.05) is 48.5 Å². The largest absolute Gasteiger partial charge is 0.490 e. The van der Waals surface area contributed by atoms with Crippen LogP contribution in [-0.2, 0) is 14.2 Å². The molecular formula is C30H29FN2O6. The first-order chi connectivity index (χ1) is 19.1. The average molecular weight is 533 g/mol. The van der Waals surface area contributed by atoms with E-state index in [-0.39, 0.29) is 36.7 Å². The molecule has 0 bridgehead atoms. The highest BCUT2D eigenvalue weighted by Gasteiger charge is 2.48. The van der Waals surface area contributed by atoms with Crippen LogP contribution in [0.3, 0.4) is 0 Å². The molecule has 3 aliphatic heterocycles. The highest BCUT2D eigenvalue weighted by molar-refractivity contribution is 5.81. The number of hydrogen-bond donors (Lipinski definition) is 2. The van der Waals surface area contributed by atoms with E-state index in [1.54, 1.807) is 6.07 Å². The second kappa shape index (κ2) is 10.2. The van der Waals surface area contributed by atoms with Crippen LogP contribution < -0.4 is 9.47 Å². The second-order valence-electron chi connectivity index (χ2n) is 10.2. The van der Waals surface area contributed by atoms with Crippen LogP contribution in [0.15, 0.2) is 60.7 Å². The molecule has 3 fully saturated rings. The highest BCUT2D eigenvalue weighted by atomic mass is 19.1. The Hall–Kier alpha value is -3.50. The zero-order valence-corrected chi connectivity index (χ0v) is 21.2. The first-order valence-electron chi connectivity index (χ1n) is 13.3. The fourth-order valence-corrected chi connectivity index (χ4v) is 5.51. The molecule has 4 atom stereocenters. The van der Waals surface area contributed by atoms with Crippen LogP contribution >= 0.6 is 0 Å². The van der Waals surface area contributed by atoms with Crippen molar-refractivity contribution in [1.29, 1.82) is 0 Å². The number of hydrogen-bond acceptors (Lipinski definition) is 7. The van der Waals surface area contributed by atoms with Crippen molar-refractivity contribution >= 4 is 11.0 Å². The van der Waals surface area contributed by atoms with Gasteiger partial charge in [0.15, 0.2) is 17.8 Å². The number of nitrogens with one attached hydrogen (secondary N) is 1. The van der Waals surface area contributed by atoms with E-state index < -0.39 is 11.9 Å². The number of ether oxygens (including phenoxy) is 5.